The number of aryl methyl sites for hydroxylation is 2. The highest BCUT2D eigenvalue weighted by molar-refractivity contribution is 14.1. The summed E-state index contributed by atoms with van der Waals surface area (Å²) in [7, 11) is 0. The summed E-state index contributed by atoms with van der Waals surface area (Å²) in [6, 6.07) is 4.31. The van der Waals surface area contributed by atoms with E-state index < -0.39 is 0 Å². The number of halogens is 1. The van der Waals surface area contributed by atoms with Gasteiger partial charge in [0.25, 0.3) is 0 Å². The molecule has 1 nitrogen and oxygen atoms in total. The van der Waals surface area contributed by atoms with E-state index in [9.17, 15) is 0 Å². The maximum atomic E-state index is 5.97. The molecule has 1 aromatic carbocycles. The summed E-state index contributed by atoms with van der Waals surface area (Å²) in [5.74, 6) is 1.73. The summed E-state index contributed by atoms with van der Waals surface area (Å²) < 4.78 is 7.31. The average Bonchev–Trinajstić information content (AvgIpc) is 2.36. The molecular formula is C16H25IO. The predicted octanol–water partition coefficient (Wildman–Crippen LogP) is 5.50. The molecule has 0 bridgehead atoms. The summed E-state index contributed by atoms with van der Waals surface area (Å²) in [5.41, 5.74) is 2.62. The van der Waals surface area contributed by atoms with E-state index in [1.165, 1.54) is 40.4 Å². The SMILES string of the molecule is CCCCC(CC)COc1cc(C)c(I)c(C)c1. The van der Waals surface area contributed by atoms with Gasteiger partial charge in [-0.15, -0.1) is 0 Å². The number of rotatable bonds is 7. The number of unbranched alkanes of at least 4 members (excludes halogenated alkanes) is 1. The Kier molecular flexibility index (Phi) is 7.05. The van der Waals surface area contributed by atoms with E-state index in [1.807, 2.05) is 0 Å². The fraction of sp³-hybridized carbons (Fsp3) is 0.625. The van der Waals surface area contributed by atoms with Crippen LogP contribution < -0.4 is 4.74 Å². The molecule has 2 heteroatoms. The Labute approximate surface area is 125 Å². The van der Waals surface area contributed by atoms with Crippen LogP contribution in [0.1, 0.15) is 50.7 Å². The van der Waals surface area contributed by atoms with Crippen LogP contribution in [0.3, 0.4) is 0 Å². The lowest BCUT2D eigenvalue weighted by Crippen LogP contribution is -2.11. The predicted molar refractivity (Wildman–Crippen MR) is 87.4 cm³/mol. The molecule has 1 atom stereocenters. The first-order chi connectivity index (χ1) is 8.58. The van der Waals surface area contributed by atoms with E-state index in [-0.39, 0.29) is 0 Å². The molecule has 0 aliphatic heterocycles. The van der Waals surface area contributed by atoms with Crippen LogP contribution >= 0.6 is 22.6 Å². The van der Waals surface area contributed by atoms with Gasteiger partial charge in [-0.2, -0.15) is 0 Å². The van der Waals surface area contributed by atoms with Crippen molar-refractivity contribution < 1.29 is 4.74 Å². The van der Waals surface area contributed by atoms with Crippen molar-refractivity contribution >= 4 is 22.6 Å². The topological polar surface area (TPSA) is 9.23 Å². The van der Waals surface area contributed by atoms with Gasteiger partial charge in [-0.3, -0.25) is 0 Å². The minimum absolute atomic E-state index is 0.699. The summed E-state index contributed by atoms with van der Waals surface area (Å²) in [5, 5.41) is 0. The zero-order chi connectivity index (χ0) is 13.5. The van der Waals surface area contributed by atoms with Crippen LogP contribution in [0.5, 0.6) is 5.75 Å². The first-order valence-electron chi connectivity index (χ1n) is 6.98. The van der Waals surface area contributed by atoms with Crippen molar-refractivity contribution in [1.82, 2.24) is 0 Å². The quantitative estimate of drug-likeness (QED) is 0.583. The molecule has 0 amide bonds. The molecule has 0 saturated heterocycles. The Balaban J connectivity index is 2.57. The van der Waals surface area contributed by atoms with Crippen LogP contribution in [0.15, 0.2) is 12.1 Å². The van der Waals surface area contributed by atoms with Gasteiger partial charge < -0.3 is 4.74 Å². The third-order valence-electron chi connectivity index (χ3n) is 3.44. The van der Waals surface area contributed by atoms with Crippen molar-refractivity contribution in [2.24, 2.45) is 5.92 Å². The summed E-state index contributed by atoms with van der Waals surface area (Å²) >= 11 is 2.40. The monoisotopic (exact) mass is 360 g/mol. The first-order valence-corrected chi connectivity index (χ1v) is 8.05. The molecule has 1 unspecified atom stereocenters. The normalized spacial score (nSPS) is 12.5. The zero-order valence-corrected chi connectivity index (χ0v) is 14.2. The summed E-state index contributed by atoms with van der Waals surface area (Å²) in [4.78, 5) is 0. The second-order valence-electron chi connectivity index (χ2n) is 5.10. The van der Waals surface area contributed by atoms with Crippen LogP contribution in [-0.4, -0.2) is 6.61 Å². The number of benzene rings is 1. The molecule has 0 spiro atoms. The molecule has 0 N–H and O–H groups in total. The Morgan fingerprint density at radius 3 is 2.28 bits per heavy atom. The lowest BCUT2D eigenvalue weighted by molar-refractivity contribution is 0.233. The van der Waals surface area contributed by atoms with E-state index in [2.05, 4.69) is 62.4 Å². The van der Waals surface area contributed by atoms with Crippen molar-refractivity contribution in [1.29, 1.82) is 0 Å². The Bertz CT molecular complexity index is 350. The minimum Gasteiger partial charge on any atom is -0.493 e. The molecule has 102 valence electrons. The molecule has 0 radical (unpaired) electrons. The second-order valence-corrected chi connectivity index (χ2v) is 6.18. The Morgan fingerprint density at radius 2 is 1.78 bits per heavy atom. The van der Waals surface area contributed by atoms with Gasteiger partial charge in [0.1, 0.15) is 5.75 Å². The molecule has 0 heterocycles. The van der Waals surface area contributed by atoms with Crippen molar-refractivity contribution in [2.45, 2.75) is 53.4 Å². The maximum Gasteiger partial charge on any atom is 0.119 e. The molecule has 0 aliphatic carbocycles. The Morgan fingerprint density at radius 1 is 1.17 bits per heavy atom. The fourth-order valence-corrected chi connectivity index (χ4v) is 2.41. The van der Waals surface area contributed by atoms with E-state index in [4.69, 9.17) is 4.74 Å². The van der Waals surface area contributed by atoms with Crippen LogP contribution in [-0.2, 0) is 0 Å². The highest BCUT2D eigenvalue weighted by Gasteiger charge is 2.08. The van der Waals surface area contributed by atoms with Gasteiger partial charge in [-0.05, 0) is 72.0 Å². The molecule has 0 aliphatic rings. The van der Waals surface area contributed by atoms with Crippen molar-refractivity contribution in [3.8, 4) is 5.75 Å². The molecule has 1 rings (SSSR count). The van der Waals surface area contributed by atoms with E-state index in [0.29, 0.717) is 5.92 Å². The van der Waals surface area contributed by atoms with Gasteiger partial charge in [0, 0.05) is 3.57 Å². The van der Waals surface area contributed by atoms with E-state index >= 15 is 0 Å². The van der Waals surface area contributed by atoms with Crippen molar-refractivity contribution in [3.05, 3.63) is 26.8 Å². The molecule has 0 fully saturated rings. The minimum atomic E-state index is 0.699. The highest BCUT2D eigenvalue weighted by atomic mass is 127. The van der Waals surface area contributed by atoms with Crippen molar-refractivity contribution in [2.75, 3.05) is 6.61 Å². The van der Waals surface area contributed by atoms with Crippen LogP contribution in [0.2, 0.25) is 0 Å². The number of hydrogen-bond donors (Lipinski definition) is 0. The largest absolute Gasteiger partial charge is 0.493 e. The van der Waals surface area contributed by atoms with E-state index in [0.717, 1.165) is 12.4 Å². The van der Waals surface area contributed by atoms with Gasteiger partial charge in [-0.1, -0.05) is 33.1 Å². The van der Waals surface area contributed by atoms with Gasteiger partial charge in [0.05, 0.1) is 6.61 Å². The number of hydrogen-bond acceptors (Lipinski definition) is 1. The first kappa shape index (κ1) is 15.8. The summed E-state index contributed by atoms with van der Waals surface area (Å²) in [6.07, 6.45) is 5.09. The maximum absolute atomic E-state index is 5.97. The van der Waals surface area contributed by atoms with Crippen LogP contribution in [0.4, 0.5) is 0 Å². The highest BCUT2D eigenvalue weighted by Crippen LogP contribution is 2.24. The van der Waals surface area contributed by atoms with Gasteiger partial charge in [0.15, 0.2) is 0 Å². The fourth-order valence-electron chi connectivity index (χ4n) is 2.10. The zero-order valence-electron chi connectivity index (χ0n) is 12.1. The molecular weight excluding hydrogens is 335 g/mol. The second kappa shape index (κ2) is 8.03. The van der Waals surface area contributed by atoms with Crippen LogP contribution in [0, 0.1) is 23.3 Å². The van der Waals surface area contributed by atoms with Gasteiger partial charge in [-0.25, -0.2) is 0 Å². The van der Waals surface area contributed by atoms with Gasteiger partial charge >= 0.3 is 0 Å². The van der Waals surface area contributed by atoms with Crippen molar-refractivity contribution in [3.63, 3.8) is 0 Å². The molecule has 0 aromatic heterocycles. The average molecular weight is 360 g/mol. The van der Waals surface area contributed by atoms with Gasteiger partial charge in [0.2, 0.25) is 0 Å². The number of ether oxygens (including phenoxy) is 1. The standard InChI is InChI=1S/C16H25IO/c1-5-7-8-14(6-2)11-18-15-9-12(3)16(17)13(4)10-15/h9-10,14H,5-8,11H2,1-4H3. The lowest BCUT2D eigenvalue weighted by Gasteiger charge is -2.16. The van der Waals surface area contributed by atoms with Crippen LogP contribution in [0.25, 0.3) is 0 Å². The molecule has 1 aromatic rings. The molecule has 0 saturated carbocycles. The lowest BCUT2D eigenvalue weighted by atomic mass is 10.0. The third-order valence-corrected chi connectivity index (χ3v) is 5.14. The van der Waals surface area contributed by atoms with E-state index in [1.54, 1.807) is 0 Å². The third kappa shape index (κ3) is 4.79. The smallest absolute Gasteiger partial charge is 0.119 e. The molecule has 18 heavy (non-hydrogen) atoms. The Hall–Kier alpha value is -0.250. The summed E-state index contributed by atoms with van der Waals surface area (Å²) in [6.45, 7) is 9.66.